The Morgan fingerprint density at radius 3 is 0.902 bits per heavy atom. The average molecular weight is 1450 g/mol. The molecule has 0 bridgehead atoms. The maximum atomic E-state index is 16.0. The minimum atomic E-state index is -4.12. The number of fused-ring (bicyclic) bond motifs is 6. The molecule has 2 aliphatic heterocycles. The molecular weight excluding hydrogens is 1390 g/mol. The summed E-state index contributed by atoms with van der Waals surface area (Å²) in [6.07, 6.45) is 0. The minimum absolute atomic E-state index is 0.0643. The second-order valence-corrected chi connectivity index (χ2v) is 37.6. The fraction of sp³-hybridized carbons (Fsp3) is 0. The van der Waals surface area contributed by atoms with Crippen molar-refractivity contribution >= 4 is 108 Å². The van der Waals surface area contributed by atoms with E-state index in [0.29, 0.717) is 64.5 Å². The van der Waals surface area contributed by atoms with Crippen LogP contribution in [0.5, 0.6) is 34.5 Å². The van der Waals surface area contributed by atoms with Crippen LogP contribution in [0.1, 0.15) is 0 Å². The number of para-hydroxylation sites is 2. The summed E-state index contributed by atoms with van der Waals surface area (Å²) in [5.41, 5.74) is 3.04. The summed E-state index contributed by atoms with van der Waals surface area (Å²) in [4.78, 5) is 0. The summed E-state index contributed by atoms with van der Waals surface area (Å²) in [7, 11) is -23.2. The normalized spacial score (nSPS) is 15.1. The third kappa shape index (κ3) is 12.8. The lowest BCUT2D eigenvalue weighted by Gasteiger charge is -2.30. The van der Waals surface area contributed by atoms with Crippen molar-refractivity contribution in [3.05, 3.63) is 376 Å². The first-order valence-corrected chi connectivity index (χ1v) is 42.4. The summed E-state index contributed by atoms with van der Waals surface area (Å²) < 4.78 is 130. The summed E-state index contributed by atoms with van der Waals surface area (Å²) >= 11 is 0. The second-order valence-electron chi connectivity index (χ2n) is 23.8. The van der Waals surface area contributed by atoms with Crippen LogP contribution in [0.2, 0.25) is 0 Å². The maximum Gasteiger partial charge on any atom is 0.463 e. The van der Waals surface area contributed by atoms with Crippen LogP contribution in [0.3, 0.4) is 0 Å². The van der Waals surface area contributed by atoms with E-state index in [0.717, 1.165) is 22.3 Å². The molecule has 0 saturated heterocycles. The Morgan fingerprint density at radius 2 is 0.520 bits per heavy atom. The Hall–Kier alpha value is -10.7. The van der Waals surface area contributed by atoms with Crippen LogP contribution in [0.4, 0.5) is 0 Å². The molecule has 2 heterocycles. The van der Waals surface area contributed by atoms with E-state index in [1.807, 2.05) is 224 Å². The molecule has 0 N–H and O–H groups in total. The summed E-state index contributed by atoms with van der Waals surface area (Å²) in [5.74, 6) is 1.42. The SMILES string of the molecule is O=P(Oc1ccc(OP(=O)(c2ccccc2)c2ccccc2)c(P(=O)(c2ccccc2)c2ccccc2)c1)(c1ccccc1)c1ccccc1.O=P1(Oc2ccc(OP3(=O)Oc4ccccc4-c4ccccc43)c(P(=O)(c3ccccc3)c3ccccc3)c2)Oc2ccccc2-c2ccccc21. The molecule has 12 nitrogen and oxygen atoms in total. The van der Waals surface area contributed by atoms with E-state index in [1.165, 1.54) is 0 Å². The van der Waals surface area contributed by atoms with E-state index in [9.17, 15) is 4.57 Å². The Bertz CT molecular complexity index is 5510. The molecule has 16 rings (SSSR count). The molecule has 14 aromatic carbocycles. The molecule has 0 saturated carbocycles. The highest BCUT2D eigenvalue weighted by Crippen LogP contribution is 2.60. The molecule has 500 valence electrons. The van der Waals surface area contributed by atoms with Gasteiger partial charge in [0.05, 0.1) is 42.4 Å². The first-order chi connectivity index (χ1) is 49.8. The second kappa shape index (κ2) is 28.4. The van der Waals surface area contributed by atoms with Crippen molar-refractivity contribution in [2.45, 2.75) is 0 Å². The van der Waals surface area contributed by atoms with Gasteiger partial charge >= 0.3 is 29.9 Å². The van der Waals surface area contributed by atoms with Crippen molar-refractivity contribution in [1.29, 1.82) is 0 Å². The largest absolute Gasteiger partial charge is 0.463 e. The highest BCUT2D eigenvalue weighted by atomic mass is 31.2. The van der Waals surface area contributed by atoms with E-state index >= 15 is 22.8 Å². The molecule has 18 heteroatoms. The molecule has 0 radical (unpaired) electrons. The van der Waals surface area contributed by atoms with Crippen LogP contribution in [0, 0.1) is 0 Å². The van der Waals surface area contributed by atoms with Crippen molar-refractivity contribution in [3.63, 3.8) is 0 Å². The smallest absolute Gasteiger partial charge is 0.437 e. The monoisotopic (exact) mass is 1450 g/mol. The number of rotatable bonds is 18. The van der Waals surface area contributed by atoms with E-state index in [4.69, 9.17) is 27.1 Å². The van der Waals surface area contributed by atoms with Crippen LogP contribution in [0.25, 0.3) is 22.3 Å². The maximum absolute atomic E-state index is 16.0. The van der Waals surface area contributed by atoms with Crippen molar-refractivity contribution < 1.29 is 54.5 Å². The third-order valence-electron chi connectivity index (χ3n) is 17.5. The average Bonchev–Trinajstić information content (AvgIpc) is 0.744. The van der Waals surface area contributed by atoms with Gasteiger partial charge in [-0.15, -0.1) is 0 Å². The van der Waals surface area contributed by atoms with Gasteiger partial charge in [0.2, 0.25) is 0 Å². The van der Waals surface area contributed by atoms with E-state index in [1.54, 1.807) is 152 Å². The standard InChI is InChI=1S/C42H29O7P3.C42H33O5P3/c43-50(31-15-3-1-4-16-31,32-17-5-2-6-18-32)42-29-30(46-51(44)40-25-13-9-21-35(40)33-19-7-11-23-37(33)47-51)27-28-39(42)49-52(45)41-26-14-10-22-36(41)34-20-8-12-24-38(34)48-52;43-48(35-19-7-1-8-20-35,36-21-9-2-10-22-36)42-33-34(46-49(44,37-23-11-3-12-24-37)38-25-13-4-14-26-38)31-32-41(42)47-50(45,39-27-15-5-16-28-39)40-29-17-6-18-30-40/h1-29H;1-33H. The van der Waals surface area contributed by atoms with Crippen LogP contribution in [-0.2, 0) is 27.4 Å². The van der Waals surface area contributed by atoms with Crippen molar-refractivity contribution in [2.75, 3.05) is 0 Å². The van der Waals surface area contributed by atoms with Gasteiger partial charge in [-0.25, -0.2) is 9.13 Å². The topological polar surface area (TPSA) is 158 Å². The van der Waals surface area contributed by atoms with E-state index in [-0.39, 0.29) is 33.6 Å². The van der Waals surface area contributed by atoms with Gasteiger partial charge in [-0.2, -0.15) is 0 Å². The van der Waals surface area contributed by atoms with Crippen LogP contribution in [-0.4, -0.2) is 0 Å². The Morgan fingerprint density at radius 1 is 0.245 bits per heavy atom. The number of benzene rings is 14. The first kappa shape index (κ1) is 67.1. The van der Waals surface area contributed by atoms with Crippen molar-refractivity contribution in [3.8, 4) is 56.8 Å². The molecule has 2 atom stereocenters. The molecule has 0 amide bonds. The lowest BCUT2D eigenvalue weighted by molar-refractivity contribution is 0.393. The summed E-state index contributed by atoms with van der Waals surface area (Å²) in [5, 5.41) is 5.38. The lowest BCUT2D eigenvalue weighted by atomic mass is 10.0. The number of hydrogen-bond donors (Lipinski definition) is 0. The molecule has 0 aromatic heterocycles. The summed E-state index contributed by atoms with van der Waals surface area (Å²) in [6, 6.07) is 111. The zero-order valence-electron chi connectivity index (χ0n) is 54.4. The molecular formula is C84H62O12P6. The Labute approximate surface area is 591 Å². The molecule has 0 spiro atoms. The Balaban J connectivity index is 0.000000165. The van der Waals surface area contributed by atoms with Gasteiger partial charge < -0.3 is 36.3 Å². The minimum Gasteiger partial charge on any atom is -0.437 e. The number of hydrogen-bond acceptors (Lipinski definition) is 12. The lowest BCUT2D eigenvalue weighted by Crippen LogP contribution is -2.28. The van der Waals surface area contributed by atoms with Gasteiger partial charge in [0, 0.05) is 43.5 Å². The van der Waals surface area contributed by atoms with Gasteiger partial charge in [-0.1, -0.05) is 267 Å². The van der Waals surface area contributed by atoms with Crippen LogP contribution < -0.4 is 90.8 Å². The molecule has 2 aliphatic rings. The molecule has 0 fully saturated rings. The van der Waals surface area contributed by atoms with Gasteiger partial charge in [-0.3, -0.25) is 9.13 Å². The molecule has 102 heavy (non-hydrogen) atoms. The van der Waals surface area contributed by atoms with Crippen molar-refractivity contribution in [2.24, 2.45) is 0 Å². The fourth-order valence-corrected chi connectivity index (χ4v) is 26.1. The predicted molar refractivity (Wildman–Crippen MR) is 413 cm³/mol. The van der Waals surface area contributed by atoms with Crippen LogP contribution in [0.15, 0.2) is 376 Å². The predicted octanol–water partition coefficient (Wildman–Crippen LogP) is 17.2. The van der Waals surface area contributed by atoms with Gasteiger partial charge in [-0.05, 0) is 109 Å². The Kier molecular flexibility index (Phi) is 18.7. The van der Waals surface area contributed by atoms with E-state index in [2.05, 4.69) is 0 Å². The quantitative estimate of drug-likeness (QED) is 0.0750. The van der Waals surface area contributed by atoms with Gasteiger partial charge in [0.25, 0.3) is 0 Å². The van der Waals surface area contributed by atoms with Gasteiger partial charge in [0.15, 0.2) is 14.3 Å². The van der Waals surface area contributed by atoms with Crippen LogP contribution >= 0.6 is 44.2 Å². The fourth-order valence-electron chi connectivity index (χ4n) is 12.6. The molecule has 14 aromatic rings. The first-order valence-electron chi connectivity index (χ1n) is 32.7. The zero-order chi connectivity index (χ0) is 69.8. The third-order valence-corrected chi connectivity index (χ3v) is 32.2. The molecule has 2 unspecified atom stereocenters. The van der Waals surface area contributed by atoms with Crippen molar-refractivity contribution in [1.82, 2.24) is 0 Å². The zero-order valence-corrected chi connectivity index (χ0v) is 59.7. The highest BCUT2D eigenvalue weighted by molar-refractivity contribution is 7.86. The van der Waals surface area contributed by atoms with Gasteiger partial charge in [0.1, 0.15) is 34.5 Å². The van der Waals surface area contributed by atoms with E-state index < -0.39 is 44.2 Å². The summed E-state index contributed by atoms with van der Waals surface area (Å²) in [6.45, 7) is 0. The molecule has 0 aliphatic carbocycles. The highest BCUT2D eigenvalue weighted by Gasteiger charge is 2.45.